The van der Waals surface area contributed by atoms with Gasteiger partial charge in [-0.1, -0.05) is 18.2 Å². The molecule has 0 aromatic carbocycles. The second-order valence-corrected chi connectivity index (χ2v) is 3.57. The average Bonchev–Trinajstić information content (AvgIpc) is 2.24. The second kappa shape index (κ2) is 3.29. The lowest BCUT2D eigenvalue weighted by molar-refractivity contribution is -0.104. The van der Waals surface area contributed by atoms with Gasteiger partial charge >= 0.3 is 0 Å². The number of ether oxygens (including phenoxy) is 2. The van der Waals surface area contributed by atoms with E-state index < -0.39 is 5.79 Å². The van der Waals surface area contributed by atoms with Crippen molar-refractivity contribution in [2.24, 2.45) is 0 Å². The molecular formula is C11H16O2. The van der Waals surface area contributed by atoms with Gasteiger partial charge in [-0.3, -0.25) is 0 Å². The minimum absolute atomic E-state index is 0.572. The third-order valence-corrected chi connectivity index (χ3v) is 1.81. The molecule has 0 aromatic rings. The first-order valence-electron chi connectivity index (χ1n) is 4.36. The third-order valence-electron chi connectivity index (χ3n) is 1.81. The van der Waals surface area contributed by atoms with Gasteiger partial charge in [0, 0.05) is 13.8 Å². The predicted molar refractivity (Wildman–Crippen MR) is 52.9 cm³/mol. The van der Waals surface area contributed by atoms with Crippen LogP contribution in [0.1, 0.15) is 27.7 Å². The highest BCUT2D eigenvalue weighted by atomic mass is 16.7. The van der Waals surface area contributed by atoms with Crippen molar-refractivity contribution in [3.05, 3.63) is 35.8 Å². The van der Waals surface area contributed by atoms with E-state index in [9.17, 15) is 0 Å². The Morgan fingerprint density at radius 2 is 2.00 bits per heavy atom. The van der Waals surface area contributed by atoms with E-state index in [1.165, 1.54) is 0 Å². The fourth-order valence-electron chi connectivity index (χ4n) is 1.09. The maximum Gasteiger partial charge on any atom is 0.246 e. The lowest BCUT2D eigenvalue weighted by Crippen LogP contribution is -2.18. The van der Waals surface area contributed by atoms with Gasteiger partial charge in [0.25, 0.3) is 0 Å². The Morgan fingerprint density at radius 3 is 2.38 bits per heavy atom. The molecule has 0 bridgehead atoms. The van der Waals surface area contributed by atoms with Crippen LogP contribution in [0, 0.1) is 0 Å². The molecule has 0 amide bonds. The molecule has 0 unspecified atom stereocenters. The van der Waals surface area contributed by atoms with Crippen LogP contribution in [-0.4, -0.2) is 5.79 Å². The van der Waals surface area contributed by atoms with E-state index in [2.05, 4.69) is 6.58 Å². The molecule has 0 spiro atoms. The van der Waals surface area contributed by atoms with Crippen LogP contribution in [0.25, 0.3) is 0 Å². The number of rotatable bonds is 1. The summed E-state index contributed by atoms with van der Waals surface area (Å²) in [6.07, 6.45) is 3.94. The van der Waals surface area contributed by atoms with Crippen molar-refractivity contribution >= 4 is 0 Å². The zero-order valence-corrected chi connectivity index (χ0v) is 8.68. The first-order valence-corrected chi connectivity index (χ1v) is 4.36. The molecule has 1 saturated heterocycles. The first kappa shape index (κ1) is 9.90. The molecule has 13 heavy (non-hydrogen) atoms. The van der Waals surface area contributed by atoms with Crippen LogP contribution in [0.15, 0.2) is 35.8 Å². The molecule has 0 saturated carbocycles. The van der Waals surface area contributed by atoms with E-state index >= 15 is 0 Å². The van der Waals surface area contributed by atoms with Gasteiger partial charge in [0.1, 0.15) is 0 Å². The maximum atomic E-state index is 5.53. The van der Waals surface area contributed by atoms with E-state index in [4.69, 9.17) is 9.47 Å². The first-order chi connectivity index (χ1) is 5.94. The maximum absolute atomic E-state index is 5.53. The monoisotopic (exact) mass is 180 g/mol. The smallest absolute Gasteiger partial charge is 0.246 e. The summed E-state index contributed by atoms with van der Waals surface area (Å²) in [6, 6.07) is 0. The van der Waals surface area contributed by atoms with Gasteiger partial charge in [0.2, 0.25) is 5.79 Å². The van der Waals surface area contributed by atoms with Crippen LogP contribution in [0.2, 0.25) is 0 Å². The Balaban J connectivity index is 2.85. The molecule has 72 valence electrons. The molecule has 0 aliphatic carbocycles. The molecule has 0 atom stereocenters. The van der Waals surface area contributed by atoms with Crippen molar-refractivity contribution in [3.8, 4) is 0 Å². The number of hydrogen-bond acceptors (Lipinski definition) is 2. The van der Waals surface area contributed by atoms with Crippen LogP contribution in [0.4, 0.5) is 0 Å². The quantitative estimate of drug-likeness (QED) is 0.617. The molecule has 2 heteroatoms. The topological polar surface area (TPSA) is 18.5 Å². The van der Waals surface area contributed by atoms with Gasteiger partial charge in [0.05, 0.1) is 0 Å². The van der Waals surface area contributed by atoms with Crippen molar-refractivity contribution in [2.75, 3.05) is 0 Å². The zero-order chi connectivity index (χ0) is 10.1. The highest BCUT2D eigenvalue weighted by Gasteiger charge is 2.32. The number of allylic oxidation sites excluding steroid dienone is 3. The normalized spacial score (nSPS) is 24.5. The van der Waals surface area contributed by atoms with Crippen molar-refractivity contribution in [1.29, 1.82) is 0 Å². The Labute approximate surface area is 79.5 Å². The van der Waals surface area contributed by atoms with Crippen LogP contribution < -0.4 is 0 Å². The fourth-order valence-corrected chi connectivity index (χ4v) is 1.09. The summed E-state index contributed by atoms with van der Waals surface area (Å²) in [5.41, 5.74) is 1.14. The van der Waals surface area contributed by atoms with Gasteiger partial charge in [-0.05, 0) is 19.9 Å². The third kappa shape index (κ3) is 2.38. The van der Waals surface area contributed by atoms with Crippen molar-refractivity contribution in [1.82, 2.24) is 0 Å². The molecule has 1 aliphatic heterocycles. The second-order valence-electron chi connectivity index (χ2n) is 3.57. The molecule has 1 fully saturated rings. The highest BCUT2D eigenvalue weighted by molar-refractivity contribution is 5.29. The Kier molecular flexibility index (Phi) is 2.50. The van der Waals surface area contributed by atoms with Gasteiger partial charge in [-0.15, -0.1) is 0 Å². The summed E-state index contributed by atoms with van der Waals surface area (Å²) in [5, 5.41) is 0. The van der Waals surface area contributed by atoms with Gasteiger partial charge in [0.15, 0.2) is 11.5 Å². The molecule has 1 rings (SSSR count). The molecular weight excluding hydrogens is 164 g/mol. The molecule has 1 heterocycles. The largest absolute Gasteiger partial charge is 0.450 e. The standard InChI is InChI=1S/C11H16O2/c1-6-8(2)7-10-9(3)12-11(4,5)13-10/h6-7H,3H2,1-2,4-5H3/b8-6-,10-7+. The van der Waals surface area contributed by atoms with E-state index in [1.54, 1.807) is 0 Å². The van der Waals surface area contributed by atoms with E-state index in [-0.39, 0.29) is 0 Å². The fraction of sp³-hybridized carbons (Fsp3) is 0.455. The van der Waals surface area contributed by atoms with Crippen LogP contribution >= 0.6 is 0 Å². The summed E-state index contributed by atoms with van der Waals surface area (Å²) >= 11 is 0. The minimum Gasteiger partial charge on any atom is -0.450 e. The zero-order valence-electron chi connectivity index (χ0n) is 8.68. The Bertz CT molecular complexity index is 282. The number of hydrogen-bond donors (Lipinski definition) is 0. The molecule has 2 nitrogen and oxygen atoms in total. The SMILES string of the molecule is C=C1OC(C)(C)O/C1=C/C(C)=C\C. The minimum atomic E-state index is -0.572. The highest BCUT2D eigenvalue weighted by Crippen LogP contribution is 2.33. The summed E-state index contributed by atoms with van der Waals surface area (Å²) in [5.74, 6) is 0.753. The molecule has 0 radical (unpaired) electrons. The van der Waals surface area contributed by atoms with Crippen molar-refractivity contribution in [2.45, 2.75) is 33.5 Å². The molecule has 1 aliphatic rings. The van der Waals surface area contributed by atoms with Crippen molar-refractivity contribution in [3.63, 3.8) is 0 Å². The van der Waals surface area contributed by atoms with Gasteiger partial charge < -0.3 is 9.47 Å². The lowest BCUT2D eigenvalue weighted by Gasteiger charge is -2.15. The summed E-state index contributed by atoms with van der Waals surface area (Å²) in [4.78, 5) is 0. The van der Waals surface area contributed by atoms with Crippen LogP contribution in [-0.2, 0) is 9.47 Å². The van der Waals surface area contributed by atoms with Crippen LogP contribution in [0.3, 0.4) is 0 Å². The van der Waals surface area contributed by atoms with E-state index in [0.29, 0.717) is 5.76 Å². The van der Waals surface area contributed by atoms with Gasteiger partial charge in [-0.25, -0.2) is 0 Å². The summed E-state index contributed by atoms with van der Waals surface area (Å²) in [6.45, 7) is 11.5. The van der Waals surface area contributed by atoms with E-state index in [1.807, 2.05) is 39.8 Å². The molecule has 0 aromatic heterocycles. The molecule has 0 N–H and O–H groups in total. The van der Waals surface area contributed by atoms with E-state index in [0.717, 1.165) is 11.3 Å². The predicted octanol–water partition coefficient (Wildman–Crippen LogP) is 3.13. The van der Waals surface area contributed by atoms with Crippen LogP contribution in [0.5, 0.6) is 0 Å². The Morgan fingerprint density at radius 1 is 1.38 bits per heavy atom. The lowest BCUT2D eigenvalue weighted by atomic mass is 10.2. The summed E-state index contributed by atoms with van der Waals surface area (Å²) < 4.78 is 10.9. The Hall–Kier alpha value is -1.18. The van der Waals surface area contributed by atoms with Gasteiger partial charge in [-0.2, -0.15) is 0 Å². The van der Waals surface area contributed by atoms with Crippen molar-refractivity contribution < 1.29 is 9.47 Å². The summed E-state index contributed by atoms with van der Waals surface area (Å²) in [7, 11) is 0. The average molecular weight is 180 g/mol.